The molecule has 108 valence electrons. The van der Waals surface area contributed by atoms with Crippen molar-refractivity contribution in [3.63, 3.8) is 0 Å². The standard InChI is InChI=1S/C9H17N5O5/c10-6(15)2-1-5(7(16)17)14-9(19)13-4-3-12-8(11)18/h5H,1-4H2,(H2,10,15)(H,16,17)(H3,11,12,18)(H2,13,14,19). The minimum absolute atomic E-state index is 0.0803. The molecule has 0 bridgehead atoms. The van der Waals surface area contributed by atoms with Crippen molar-refractivity contribution in [1.82, 2.24) is 16.0 Å². The van der Waals surface area contributed by atoms with E-state index in [1.165, 1.54) is 0 Å². The summed E-state index contributed by atoms with van der Waals surface area (Å²) in [4.78, 5) is 43.0. The van der Waals surface area contributed by atoms with E-state index in [0.717, 1.165) is 0 Å². The summed E-state index contributed by atoms with van der Waals surface area (Å²) in [5.41, 5.74) is 9.68. The van der Waals surface area contributed by atoms with E-state index in [2.05, 4.69) is 16.0 Å². The van der Waals surface area contributed by atoms with E-state index in [0.29, 0.717) is 0 Å². The van der Waals surface area contributed by atoms with Crippen molar-refractivity contribution in [3.05, 3.63) is 0 Å². The molecule has 0 aromatic heterocycles. The SMILES string of the molecule is NC(=O)CCC(NC(=O)NCCNC(N)=O)C(=O)O. The van der Waals surface area contributed by atoms with Crippen LogP contribution >= 0.6 is 0 Å². The number of aliphatic carboxylic acids is 1. The Kier molecular flexibility index (Phi) is 7.42. The second kappa shape index (κ2) is 8.55. The molecule has 0 spiro atoms. The Hall–Kier alpha value is -2.52. The lowest BCUT2D eigenvalue weighted by Crippen LogP contribution is -2.48. The number of carboxylic acids is 1. The molecule has 1 atom stereocenters. The molecule has 0 aromatic rings. The second-order valence-corrected chi connectivity index (χ2v) is 3.59. The van der Waals surface area contributed by atoms with Crippen LogP contribution in [0, 0.1) is 0 Å². The highest BCUT2D eigenvalue weighted by atomic mass is 16.4. The molecule has 0 aliphatic heterocycles. The Balaban J connectivity index is 3.99. The van der Waals surface area contributed by atoms with E-state index < -0.39 is 30.0 Å². The minimum atomic E-state index is -1.27. The van der Waals surface area contributed by atoms with Crippen LogP contribution < -0.4 is 27.4 Å². The summed E-state index contributed by atoms with van der Waals surface area (Å²) in [6, 6.07) is -2.67. The first-order chi connectivity index (χ1) is 8.82. The number of rotatable bonds is 8. The molecule has 0 rings (SSSR count). The van der Waals surface area contributed by atoms with Gasteiger partial charge in [-0.1, -0.05) is 0 Å². The summed E-state index contributed by atoms with van der Waals surface area (Å²) in [6.45, 7) is 0.193. The molecular weight excluding hydrogens is 258 g/mol. The first-order valence-electron chi connectivity index (χ1n) is 5.41. The van der Waals surface area contributed by atoms with Gasteiger partial charge in [0.1, 0.15) is 6.04 Å². The Morgan fingerprint density at radius 1 is 1.05 bits per heavy atom. The zero-order chi connectivity index (χ0) is 14.8. The van der Waals surface area contributed by atoms with Gasteiger partial charge >= 0.3 is 18.0 Å². The van der Waals surface area contributed by atoms with Crippen LogP contribution in [-0.4, -0.2) is 48.2 Å². The van der Waals surface area contributed by atoms with Gasteiger partial charge in [0.15, 0.2) is 0 Å². The van der Waals surface area contributed by atoms with Crippen LogP contribution in [0.2, 0.25) is 0 Å². The molecule has 0 fully saturated rings. The van der Waals surface area contributed by atoms with Crippen LogP contribution in [0.15, 0.2) is 0 Å². The summed E-state index contributed by atoms with van der Waals surface area (Å²) in [7, 11) is 0. The number of amides is 5. The zero-order valence-electron chi connectivity index (χ0n) is 10.1. The van der Waals surface area contributed by atoms with Crippen molar-refractivity contribution >= 4 is 23.9 Å². The number of primary amides is 2. The van der Waals surface area contributed by atoms with E-state index in [-0.39, 0.29) is 25.9 Å². The molecular formula is C9H17N5O5. The predicted molar refractivity (Wildman–Crippen MR) is 64.0 cm³/mol. The van der Waals surface area contributed by atoms with E-state index >= 15 is 0 Å². The van der Waals surface area contributed by atoms with Crippen LogP contribution in [-0.2, 0) is 9.59 Å². The van der Waals surface area contributed by atoms with Gasteiger partial charge < -0.3 is 32.5 Å². The Labute approximate surface area is 108 Å². The molecule has 0 aliphatic carbocycles. The van der Waals surface area contributed by atoms with Gasteiger partial charge in [0.05, 0.1) is 0 Å². The number of carboxylic acid groups (broad SMARTS) is 1. The van der Waals surface area contributed by atoms with Crippen LogP contribution in [0.25, 0.3) is 0 Å². The molecule has 0 radical (unpaired) electrons. The molecule has 1 unspecified atom stereocenters. The second-order valence-electron chi connectivity index (χ2n) is 3.59. The lowest BCUT2D eigenvalue weighted by atomic mass is 10.1. The Bertz CT molecular complexity index is 359. The first kappa shape index (κ1) is 16.5. The van der Waals surface area contributed by atoms with Crippen LogP contribution in [0.1, 0.15) is 12.8 Å². The van der Waals surface area contributed by atoms with E-state index in [9.17, 15) is 19.2 Å². The molecule has 0 heterocycles. The van der Waals surface area contributed by atoms with Crippen molar-refractivity contribution < 1.29 is 24.3 Å². The third kappa shape index (κ3) is 9.21. The fourth-order valence-electron chi connectivity index (χ4n) is 1.11. The van der Waals surface area contributed by atoms with E-state index in [1.54, 1.807) is 0 Å². The molecule has 0 saturated carbocycles. The van der Waals surface area contributed by atoms with Crippen molar-refractivity contribution in [2.75, 3.05) is 13.1 Å². The van der Waals surface area contributed by atoms with E-state index in [1.807, 2.05) is 0 Å². The number of carbonyl (C=O) groups is 4. The Morgan fingerprint density at radius 3 is 2.11 bits per heavy atom. The summed E-state index contributed by atoms with van der Waals surface area (Å²) in [5.74, 6) is -1.93. The van der Waals surface area contributed by atoms with Crippen molar-refractivity contribution in [3.8, 4) is 0 Å². The average Bonchev–Trinajstić information content (AvgIpc) is 2.29. The van der Waals surface area contributed by atoms with Crippen LogP contribution in [0.3, 0.4) is 0 Å². The topological polar surface area (TPSA) is 177 Å². The summed E-state index contributed by atoms with van der Waals surface area (Å²) in [6.07, 6.45) is -0.252. The highest BCUT2D eigenvalue weighted by molar-refractivity contribution is 5.83. The molecule has 8 N–H and O–H groups in total. The fourth-order valence-corrected chi connectivity index (χ4v) is 1.11. The normalized spacial score (nSPS) is 11.2. The lowest BCUT2D eigenvalue weighted by Gasteiger charge is -2.14. The van der Waals surface area contributed by atoms with Gasteiger partial charge in [-0.3, -0.25) is 4.79 Å². The molecule has 0 aliphatic rings. The monoisotopic (exact) mass is 275 g/mol. The maximum Gasteiger partial charge on any atom is 0.326 e. The van der Waals surface area contributed by atoms with Gasteiger partial charge in [-0.05, 0) is 6.42 Å². The minimum Gasteiger partial charge on any atom is -0.480 e. The van der Waals surface area contributed by atoms with Gasteiger partial charge in [0, 0.05) is 19.5 Å². The van der Waals surface area contributed by atoms with Crippen molar-refractivity contribution in [1.29, 1.82) is 0 Å². The number of nitrogens with two attached hydrogens (primary N) is 2. The summed E-state index contributed by atoms with van der Waals surface area (Å²) in [5, 5.41) is 15.5. The van der Waals surface area contributed by atoms with Gasteiger partial charge in [-0.15, -0.1) is 0 Å². The highest BCUT2D eigenvalue weighted by Crippen LogP contribution is 1.97. The molecule has 19 heavy (non-hydrogen) atoms. The summed E-state index contributed by atoms with van der Waals surface area (Å²) >= 11 is 0. The van der Waals surface area contributed by atoms with Crippen molar-refractivity contribution in [2.45, 2.75) is 18.9 Å². The maximum atomic E-state index is 11.3. The average molecular weight is 275 g/mol. The molecule has 10 heteroatoms. The molecule has 5 amide bonds. The quantitative estimate of drug-likeness (QED) is 0.272. The molecule has 0 aromatic carbocycles. The third-order valence-corrected chi connectivity index (χ3v) is 1.99. The molecule has 0 saturated heterocycles. The maximum absolute atomic E-state index is 11.3. The number of hydrogen-bond donors (Lipinski definition) is 6. The number of nitrogens with one attached hydrogen (secondary N) is 3. The van der Waals surface area contributed by atoms with Gasteiger partial charge in [0.25, 0.3) is 0 Å². The number of hydrogen-bond acceptors (Lipinski definition) is 4. The Morgan fingerprint density at radius 2 is 1.63 bits per heavy atom. The van der Waals surface area contributed by atoms with Crippen LogP contribution in [0.4, 0.5) is 9.59 Å². The largest absolute Gasteiger partial charge is 0.480 e. The highest BCUT2D eigenvalue weighted by Gasteiger charge is 2.20. The number of carbonyl (C=O) groups excluding carboxylic acids is 3. The van der Waals surface area contributed by atoms with Crippen LogP contribution in [0.5, 0.6) is 0 Å². The number of urea groups is 2. The van der Waals surface area contributed by atoms with E-state index in [4.69, 9.17) is 16.6 Å². The van der Waals surface area contributed by atoms with Crippen molar-refractivity contribution in [2.24, 2.45) is 11.5 Å². The lowest BCUT2D eigenvalue weighted by molar-refractivity contribution is -0.139. The summed E-state index contributed by atoms with van der Waals surface area (Å²) < 4.78 is 0. The van der Waals surface area contributed by atoms with Gasteiger partial charge in [-0.2, -0.15) is 0 Å². The third-order valence-electron chi connectivity index (χ3n) is 1.99. The van der Waals surface area contributed by atoms with Gasteiger partial charge in [-0.25, -0.2) is 14.4 Å². The predicted octanol–water partition coefficient (Wildman–Crippen LogP) is -2.33. The molecule has 10 nitrogen and oxygen atoms in total. The smallest absolute Gasteiger partial charge is 0.326 e. The van der Waals surface area contributed by atoms with Gasteiger partial charge in [0.2, 0.25) is 5.91 Å². The zero-order valence-corrected chi connectivity index (χ0v) is 10.1. The fraction of sp³-hybridized carbons (Fsp3) is 0.556. The first-order valence-corrected chi connectivity index (χ1v) is 5.41.